The van der Waals surface area contributed by atoms with Gasteiger partial charge >= 0.3 is 0 Å². The zero-order valence-electron chi connectivity index (χ0n) is 10.1. The minimum absolute atomic E-state index is 0.750. The van der Waals surface area contributed by atoms with Gasteiger partial charge in [0.05, 0.1) is 30.1 Å². The first-order valence-electron chi connectivity index (χ1n) is 5.33. The number of nitrogens with zero attached hydrogens (tertiary/aromatic N) is 1. The van der Waals surface area contributed by atoms with Gasteiger partial charge in [-0.25, -0.2) is 0 Å². The van der Waals surface area contributed by atoms with Gasteiger partial charge < -0.3 is 14.8 Å². The summed E-state index contributed by atoms with van der Waals surface area (Å²) in [6, 6.07) is 7.47. The minimum Gasteiger partial charge on any atom is -0.497 e. The molecule has 0 aliphatic carbocycles. The van der Waals surface area contributed by atoms with Crippen molar-refractivity contribution < 1.29 is 9.47 Å². The van der Waals surface area contributed by atoms with Crippen LogP contribution in [0.5, 0.6) is 11.5 Å². The summed E-state index contributed by atoms with van der Waals surface area (Å²) >= 11 is 3.44. The summed E-state index contributed by atoms with van der Waals surface area (Å²) in [5.74, 6) is 1.52. The Bertz CT molecular complexity index is 546. The number of hydrogen-bond donors (Lipinski definition) is 1. The number of benzene rings is 1. The number of ether oxygens (including phenoxy) is 2. The summed E-state index contributed by atoms with van der Waals surface area (Å²) in [4.78, 5) is 4.02. The van der Waals surface area contributed by atoms with E-state index in [1.165, 1.54) is 0 Å². The molecule has 1 aromatic heterocycles. The van der Waals surface area contributed by atoms with Crippen LogP contribution in [0.1, 0.15) is 0 Å². The summed E-state index contributed by atoms with van der Waals surface area (Å²) in [6.07, 6.45) is 3.45. The fraction of sp³-hybridized carbons (Fsp3) is 0.154. The fourth-order valence-corrected chi connectivity index (χ4v) is 1.88. The van der Waals surface area contributed by atoms with Gasteiger partial charge in [-0.15, -0.1) is 0 Å². The molecule has 1 heterocycles. The Morgan fingerprint density at radius 1 is 1.11 bits per heavy atom. The normalized spacial score (nSPS) is 9.94. The molecule has 0 atom stereocenters. The third kappa shape index (κ3) is 2.73. The van der Waals surface area contributed by atoms with Gasteiger partial charge in [-0.05, 0) is 34.1 Å². The number of pyridine rings is 1. The van der Waals surface area contributed by atoms with Crippen LogP contribution < -0.4 is 14.8 Å². The number of anilines is 2. The van der Waals surface area contributed by atoms with E-state index in [-0.39, 0.29) is 0 Å². The van der Waals surface area contributed by atoms with Crippen LogP contribution in [0.4, 0.5) is 11.4 Å². The molecule has 0 spiro atoms. The van der Waals surface area contributed by atoms with Gasteiger partial charge in [-0.1, -0.05) is 0 Å². The summed E-state index contributed by atoms with van der Waals surface area (Å²) in [6.45, 7) is 0. The maximum atomic E-state index is 5.31. The number of hydrogen-bond acceptors (Lipinski definition) is 4. The van der Waals surface area contributed by atoms with Gasteiger partial charge in [0.2, 0.25) is 0 Å². The monoisotopic (exact) mass is 308 g/mol. The highest BCUT2D eigenvalue weighted by Gasteiger charge is 2.07. The molecule has 0 aliphatic heterocycles. The van der Waals surface area contributed by atoms with E-state index in [9.17, 15) is 0 Å². The van der Waals surface area contributed by atoms with Crippen molar-refractivity contribution in [2.45, 2.75) is 0 Å². The predicted molar refractivity (Wildman–Crippen MR) is 74.8 cm³/mol. The Labute approximate surface area is 114 Å². The van der Waals surface area contributed by atoms with Crippen LogP contribution in [-0.2, 0) is 0 Å². The number of methoxy groups -OCH3 is 2. The number of aromatic nitrogens is 1. The van der Waals surface area contributed by atoms with Gasteiger partial charge in [0, 0.05) is 18.5 Å². The minimum atomic E-state index is 0.750. The molecule has 2 rings (SSSR count). The third-order valence-electron chi connectivity index (χ3n) is 2.45. The van der Waals surface area contributed by atoms with Crippen molar-refractivity contribution in [3.05, 3.63) is 41.1 Å². The van der Waals surface area contributed by atoms with E-state index in [1.54, 1.807) is 26.6 Å². The molecule has 0 amide bonds. The molecule has 18 heavy (non-hydrogen) atoms. The Balaban J connectivity index is 2.35. The first-order chi connectivity index (χ1) is 8.74. The lowest BCUT2D eigenvalue weighted by atomic mass is 10.2. The van der Waals surface area contributed by atoms with Crippen LogP contribution in [0.3, 0.4) is 0 Å². The van der Waals surface area contributed by atoms with Crippen LogP contribution >= 0.6 is 15.9 Å². The SMILES string of the molecule is COc1ccc(OC)c(Nc2ccncc2Br)c1. The summed E-state index contributed by atoms with van der Waals surface area (Å²) in [5.41, 5.74) is 1.75. The lowest BCUT2D eigenvalue weighted by Crippen LogP contribution is -1.96. The van der Waals surface area contributed by atoms with Crippen LogP contribution in [0.15, 0.2) is 41.1 Å². The van der Waals surface area contributed by atoms with Crippen molar-refractivity contribution in [3.8, 4) is 11.5 Å². The van der Waals surface area contributed by atoms with Crippen LogP contribution in [0.25, 0.3) is 0 Å². The molecular formula is C13H13BrN2O2. The molecule has 0 saturated carbocycles. The van der Waals surface area contributed by atoms with Crippen molar-refractivity contribution >= 4 is 27.3 Å². The highest BCUT2D eigenvalue weighted by Crippen LogP contribution is 2.33. The van der Waals surface area contributed by atoms with E-state index < -0.39 is 0 Å². The molecule has 1 aromatic carbocycles. The third-order valence-corrected chi connectivity index (χ3v) is 3.08. The molecule has 5 heteroatoms. The van der Waals surface area contributed by atoms with E-state index in [2.05, 4.69) is 26.2 Å². The lowest BCUT2D eigenvalue weighted by molar-refractivity contribution is 0.405. The molecular weight excluding hydrogens is 296 g/mol. The van der Waals surface area contributed by atoms with Gasteiger partial charge in [-0.2, -0.15) is 0 Å². The highest BCUT2D eigenvalue weighted by atomic mass is 79.9. The molecule has 0 saturated heterocycles. The molecule has 0 bridgehead atoms. The van der Waals surface area contributed by atoms with E-state index in [0.29, 0.717) is 0 Å². The zero-order valence-corrected chi connectivity index (χ0v) is 11.7. The second-order valence-electron chi connectivity index (χ2n) is 3.55. The second kappa shape index (κ2) is 5.73. The largest absolute Gasteiger partial charge is 0.497 e. The number of rotatable bonds is 4. The lowest BCUT2D eigenvalue weighted by Gasteiger charge is -2.13. The van der Waals surface area contributed by atoms with E-state index >= 15 is 0 Å². The summed E-state index contributed by atoms with van der Waals surface area (Å²) in [7, 11) is 3.27. The Morgan fingerprint density at radius 3 is 2.61 bits per heavy atom. The van der Waals surface area contributed by atoms with Crippen molar-refractivity contribution in [1.82, 2.24) is 4.98 Å². The average Bonchev–Trinajstić information content (AvgIpc) is 2.41. The van der Waals surface area contributed by atoms with E-state index in [1.807, 2.05) is 24.3 Å². The first kappa shape index (κ1) is 12.7. The smallest absolute Gasteiger partial charge is 0.142 e. The summed E-state index contributed by atoms with van der Waals surface area (Å²) in [5, 5.41) is 3.27. The Hall–Kier alpha value is -1.75. The van der Waals surface area contributed by atoms with Gasteiger partial charge in [-0.3, -0.25) is 4.98 Å². The van der Waals surface area contributed by atoms with E-state index in [0.717, 1.165) is 27.3 Å². The van der Waals surface area contributed by atoms with Crippen LogP contribution in [0.2, 0.25) is 0 Å². The molecule has 94 valence electrons. The van der Waals surface area contributed by atoms with Crippen molar-refractivity contribution in [2.24, 2.45) is 0 Å². The number of halogens is 1. The maximum Gasteiger partial charge on any atom is 0.142 e. The Kier molecular flexibility index (Phi) is 4.04. The molecule has 0 aliphatic rings. The molecule has 0 fully saturated rings. The van der Waals surface area contributed by atoms with Crippen molar-refractivity contribution in [3.63, 3.8) is 0 Å². The number of nitrogens with one attached hydrogen (secondary N) is 1. The molecule has 0 unspecified atom stereocenters. The standard InChI is InChI=1S/C13H13BrN2O2/c1-17-9-3-4-13(18-2)12(7-9)16-11-5-6-15-8-10(11)14/h3-8H,1-2H3,(H,15,16). The molecule has 4 nitrogen and oxygen atoms in total. The molecule has 0 radical (unpaired) electrons. The summed E-state index contributed by atoms with van der Waals surface area (Å²) < 4.78 is 11.4. The second-order valence-corrected chi connectivity index (χ2v) is 4.40. The van der Waals surface area contributed by atoms with Gasteiger partial charge in [0.25, 0.3) is 0 Å². The molecule has 2 aromatic rings. The Morgan fingerprint density at radius 2 is 1.94 bits per heavy atom. The van der Waals surface area contributed by atoms with E-state index in [4.69, 9.17) is 9.47 Å². The molecule has 1 N–H and O–H groups in total. The highest BCUT2D eigenvalue weighted by molar-refractivity contribution is 9.10. The van der Waals surface area contributed by atoms with Gasteiger partial charge in [0.1, 0.15) is 11.5 Å². The quantitative estimate of drug-likeness (QED) is 0.937. The van der Waals surface area contributed by atoms with Crippen LogP contribution in [0, 0.1) is 0 Å². The zero-order chi connectivity index (χ0) is 13.0. The van der Waals surface area contributed by atoms with Crippen molar-refractivity contribution in [1.29, 1.82) is 0 Å². The fourth-order valence-electron chi connectivity index (χ4n) is 1.53. The first-order valence-corrected chi connectivity index (χ1v) is 6.12. The maximum absolute atomic E-state index is 5.31. The van der Waals surface area contributed by atoms with Crippen molar-refractivity contribution in [2.75, 3.05) is 19.5 Å². The predicted octanol–water partition coefficient (Wildman–Crippen LogP) is 3.60. The van der Waals surface area contributed by atoms with Gasteiger partial charge in [0.15, 0.2) is 0 Å². The van der Waals surface area contributed by atoms with Crippen LogP contribution in [-0.4, -0.2) is 19.2 Å². The topological polar surface area (TPSA) is 43.4 Å². The average molecular weight is 309 g/mol.